The summed E-state index contributed by atoms with van der Waals surface area (Å²) in [6.07, 6.45) is -9.99. The molecule has 0 aliphatic rings. The van der Waals surface area contributed by atoms with Crippen LogP contribution in [0.25, 0.3) is 22.0 Å². The number of alkyl halides is 6. The first-order chi connectivity index (χ1) is 15.8. The van der Waals surface area contributed by atoms with Crippen LogP contribution < -0.4 is 5.56 Å². The molecule has 0 unspecified atom stereocenters. The number of aromatic nitrogens is 1. The quantitative estimate of drug-likeness (QED) is 0.284. The Morgan fingerprint density at radius 3 is 1.97 bits per heavy atom. The van der Waals surface area contributed by atoms with Crippen LogP contribution in [-0.4, -0.2) is 4.57 Å². The molecule has 2 nitrogen and oxygen atoms in total. The highest BCUT2D eigenvalue weighted by molar-refractivity contribution is 5.85. The predicted octanol–water partition coefficient (Wildman–Crippen LogP) is 7.37. The zero-order chi connectivity index (χ0) is 24.8. The Morgan fingerprint density at radius 2 is 1.38 bits per heavy atom. The minimum absolute atomic E-state index is 0.0112. The van der Waals surface area contributed by atoms with Gasteiger partial charge < -0.3 is 4.57 Å². The van der Waals surface area contributed by atoms with Crippen molar-refractivity contribution >= 4 is 10.8 Å². The van der Waals surface area contributed by atoms with Crippen molar-refractivity contribution in [2.24, 2.45) is 0 Å². The van der Waals surface area contributed by atoms with E-state index in [2.05, 4.69) is 0 Å². The average Bonchev–Trinajstić information content (AvgIpc) is 2.75. The maximum absolute atomic E-state index is 13.5. The molecule has 0 amide bonds. The van der Waals surface area contributed by atoms with Gasteiger partial charge in [0.05, 0.1) is 23.4 Å². The van der Waals surface area contributed by atoms with Gasteiger partial charge in [-0.1, -0.05) is 42.0 Å². The summed E-state index contributed by atoms with van der Waals surface area (Å²) in [5, 5.41) is 0.740. The van der Waals surface area contributed by atoms with Crippen molar-refractivity contribution < 1.29 is 26.3 Å². The molecule has 0 saturated carbocycles. The van der Waals surface area contributed by atoms with E-state index in [1.54, 1.807) is 30.3 Å². The van der Waals surface area contributed by atoms with Crippen molar-refractivity contribution in [2.45, 2.75) is 32.7 Å². The van der Waals surface area contributed by atoms with E-state index in [0.29, 0.717) is 22.9 Å². The van der Waals surface area contributed by atoms with Gasteiger partial charge in [0, 0.05) is 5.39 Å². The minimum Gasteiger partial charge on any atom is -0.303 e. The molecule has 176 valence electrons. The van der Waals surface area contributed by atoms with Crippen molar-refractivity contribution in [2.75, 3.05) is 0 Å². The molecule has 0 N–H and O–H groups in total. The molecule has 0 radical (unpaired) electrons. The van der Waals surface area contributed by atoms with Gasteiger partial charge in [0.1, 0.15) is 0 Å². The lowest BCUT2D eigenvalue weighted by molar-refractivity contribution is -0.143. The monoisotopic (exact) mass is 475 g/mol. The summed E-state index contributed by atoms with van der Waals surface area (Å²) in [5.41, 5.74) is -1.17. The number of aryl methyl sites for hydroxylation is 2. The van der Waals surface area contributed by atoms with E-state index >= 15 is 0 Å². The number of nitrogens with zero attached hydrogens (tertiary/aromatic N) is 1. The summed E-state index contributed by atoms with van der Waals surface area (Å²) in [5.74, 6) is 0. The van der Waals surface area contributed by atoms with Crippen LogP contribution in [0.2, 0.25) is 0 Å². The maximum atomic E-state index is 13.5. The van der Waals surface area contributed by atoms with Crippen LogP contribution in [0.1, 0.15) is 27.8 Å². The van der Waals surface area contributed by atoms with Crippen LogP contribution in [0.15, 0.2) is 71.5 Å². The Hall–Kier alpha value is -3.55. The summed E-state index contributed by atoms with van der Waals surface area (Å²) >= 11 is 0. The Labute approximate surface area is 191 Å². The molecule has 4 aromatic rings. The summed E-state index contributed by atoms with van der Waals surface area (Å²) in [6.45, 7) is 3.72. The summed E-state index contributed by atoms with van der Waals surface area (Å²) < 4.78 is 82.1. The Bertz CT molecular complexity index is 1410. The van der Waals surface area contributed by atoms with E-state index in [9.17, 15) is 31.1 Å². The molecule has 0 spiro atoms. The van der Waals surface area contributed by atoms with E-state index in [0.717, 1.165) is 16.7 Å². The highest BCUT2D eigenvalue weighted by Gasteiger charge is 2.37. The number of fused-ring (bicyclic) bond motifs is 1. The van der Waals surface area contributed by atoms with Crippen LogP contribution >= 0.6 is 0 Å². The average molecular weight is 475 g/mol. The smallest absolute Gasteiger partial charge is 0.303 e. The normalized spacial score (nSPS) is 12.4. The van der Waals surface area contributed by atoms with E-state index in [1.807, 2.05) is 26.0 Å². The third-order valence-corrected chi connectivity index (χ3v) is 5.73. The topological polar surface area (TPSA) is 22.0 Å². The summed E-state index contributed by atoms with van der Waals surface area (Å²) in [7, 11) is 0. The fraction of sp³-hybridized carbons (Fsp3) is 0.192. The molecule has 3 aromatic carbocycles. The first-order valence-electron chi connectivity index (χ1n) is 10.3. The lowest BCUT2D eigenvalue weighted by atomic mass is 9.99. The zero-order valence-electron chi connectivity index (χ0n) is 18.2. The van der Waals surface area contributed by atoms with Crippen molar-refractivity contribution in [3.63, 3.8) is 0 Å². The fourth-order valence-electron chi connectivity index (χ4n) is 3.99. The van der Waals surface area contributed by atoms with Gasteiger partial charge >= 0.3 is 12.4 Å². The second-order valence-electron chi connectivity index (χ2n) is 8.23. The number of hydrogen-bond acceptors (Lipinski definition) is 1. The molecular formula is C26H19F6NO. The third-order valence-electron chi connectivity index (χ3n) is 5.73. The highest BCUT2D eigenvalue weighted by atomic mass is 19.4. The van der Waals surface area contributed by atoms with Crippen molar-refractivity contribution in [3.8, 4) is 11.3 Å². The lowest BCUT2D eigenvalue weighted by Gasteiger charge is -2.19. The third kappa shape index (κ3) is 4.58. The van der Waals surface area contributed by atoms with Crippen LogP contribution in [0.3, 0.4) is 0 Å². The largest absolute Gasteiger partial charge is 0.416 e. The molecule has 0 bridgehead atoms. The zero-order valence-corrected chi connectivity index (χ0v) is 18.2. The van der Waals surface area contributed by atoms with Gasteiger partial charge in [-0.2, -0.15) is 26.3 Å². The number of benzene rings is 3. The predicted molar refractivity (Wildman–Crippen MR) is 119 cm³/mol. The molecule has 1 heterocycles. The molecule has 0 saturated heterocycles. The molecule has 34 heavy (non-hydrogen) atoms. The van der Waals surface area contributed by atoms with E-state index < -0.39 is 29.0 Å². The molecule has 0 aliphatic heterocycles. The van der Waals surface area contributed by atoms with Crippen LogP contribution in [0.4, 0.5) is 26.3 Å². The molecule has 0 fully saturated rings. The van der Waals surface area contributed by atoms with Crippen LogP contribution in [-0.2, 0) is 18.9 Å². The number of pyridine rings is 1. The standard InChI is InChI=1S/C26H19F6NO/c1-15-7-8-18(16(2)9-15)14-33-23(12-17-5-3-4-6-22(17)24(33)34)19-10-20(25(27,28)29)13-21(11-19)26(30,31)32/h3-13H,14H2,1-2H3. The number of halogens is 6. The van der Waals surface area contributed by atoms with Gasteiger partial charge in [-0.3, -0.25) is 4.79 Å². The molecule has 4 rings (SSSR count). The minimum atomic E-state index is -4.99. The molecule has 1 aromatic heterocycles. The van der Waals surface area contributed by atoms with Gasteiger partial charge in [-0.25, -0.2) is 0 Å². The van der Waals surface area contributed by atoms with Gasteiger partial charge in [-0.05, 0) is 66.3 Å². The Morgan fingerprint density at radius 1 is 0.765 bits per heavy atom. The number of rotatable bonds is 3. The second kappa shape index (κ2) is 8.34. The SMILES string of the molecule is Cc1ccc(Cn2c(-c3cc(C(F)(F)F)cc(C(F)(F)F)c3)cc3ccccc3c2=O)c(C)c1. The molecule has 0 atom stereocenters. The van der Waals surface area contributed by atoms with Crippen molar-refractivity contribution in [3.05, 3.63) is 105 Å². The van der Waals surface area contributed by atoms with Gasteiger partial charge in [0.2, 0.25) is 0 Å². The van der Waals surface area contributed by atoms with Crippen LogP contribution in [0.5, 0.6) is 0 Å². The molecule has 0 aliphatic carbocycles. The lowest BCUT2D eigenvalue weighted by Crippen LogP contribution is -2.23. The van der Waals surface area contributed by atoms with E-state index in [-0.39, 0.29) is 23.9 Å². The molecular weight excluding hydrogens is 456 g/mol. The highest BCUT2D eigenvalue weighted by Crippen LogP contribution is 2.39. The van der Waals surface area contributed by atoms with Crippen molar-refractivity contribution in [1.29, 1.82) is 0 Å². The summed E-state index contributed by atoms with van der Waals surface area (Å²) in [4.78, 5) is 13.4. The Balaban J connectivity index is 2.04. The maximum Gasteiger partial charge on any atom is 0.416 e. The number of hydrogen-bond donors (Lipinski definition) is 0. The first-order valence-corrected chi connectivity index (χ1v) is 10.3. The fourth-order valence-corrected chi connectivity index (χ4v) is 3.99. The Kier molecular flexibility index (Phi) is 5.79. The second-order valence-corrected chi connectivity index (χ2v) is 8.23. The van der Waals surface area contributed by atoms with Gasteiger partial charge in [0.15, 0.2) is 0 Å². The molecule has 8 heteroatoms. The van der Waals surface area contributed by atoms with Gasteiger partial charge in [-0.15, -0.1) is 0 Å². The first kappa shape index (κ1) is 23.6. The van der Waals surface area contributed by atoms with Crippen molar-refractivity contribution in [1.82, 2.24) is 4.57 Å². The van der Waals surface area contributed by atoms with Crippen LogP contribution in [0, 0.1) is 13.8 Å². The van der Waals surface area contributed by atoms with E-state index in [4.69, 9.17) is 0 Å². The summed E-state index contributed by atoms with van der Waals surface area (Å²) in [6, 6.07) is 14.8. The van der Waals surface area contributed by atoms with E-state index in [1.165, 1.54) is 10.6 Å². The van der Waals surface area contributed by atoms with Gasteiger partial charge in [0.25, 0.3) is 5.56 Å².